The van der Waals surface area contributed by atoms with Crippen molar-refractivity contribution in [1.29, 1.82) is 0 Å². The minimum Gasteiger partial charge on any atom is -0.0856 e. The molecule has 15 heavy (non-hydrogen) atoms. The van der Waals surface area contributed by atoms with E-state index in [0.29, 0.717) is 0 Å². The lowest BCUT2D eigenvalue weighted by Crippen LogP contribution is -1.79. The van der Waals surface area contributed by atoms with Crippen LogP contribution < -0.4 is 0 Å². The van der Waals surface area contributed by atoms with E-state index in [9.17, 15) is 0 Å². The molecule has 0 aromatic carbocycles. The van der Waals surface area contributed by atoms with Crippen LogP contribution in [-0.2, 0) is 0 Å². The van der Waals surface area contributed by atoms with E-state index in [1.54, 1.807) is 5.57 Å². The van der Waals surface area contributed by atoms with Crippen molar-refractivity contribution >= 4 is 0 Å². The van der Waals surface area contributed by atoms with Crippen LogP contribution in [0.15, 0.2) is 23.3 Å². The highest BCUT2D eigenvalue weighted by atomic mass is 14.0. The number of hydrogen-bond acceptors (Lipinski definition) is 0. The van der Waals surface area contributed by atoms with Crippen LogP contribution in [0.1, 0.15) is 72.6 Å². The second-order valence-corrected chi connectivity index (χ2v) is 4.72. The quantitative estimate of drug-likeness (QED) is 0.357. The van der Waals surface area contributed by atoms with E-state index in [1.807, 2.05) is 0 Å². The molecule has 0 saturated carbocycles. The zero-order chi connectivity index (χ0) is 11.5. The van der Waals surface area contributed by atoms with Crippen LogP contribution >= 0.6 is 0 Å². The molecule has 0 aromatic rings. The molecule has 0 aromatic heterocycles. The third-order valence-corrected chi connectivity index (χ3v) is 2.64. The predicted octanol–water partition coefficient (Wildman–Crippen LogP) is 5.65. The second kappa shape index (κ2) is 10.0. The summed E-state index contributed by atoms with van der Waals surface area (Å²) in [4.78, 5) is 0. The average Bonchev–Trinajstić information content (AvgIpc) is 2.17. The van der Waals surface area contributed by atoms with Gasteiger partial charge in [-0.25, -0.2) is 0 Å². The van der Waals surface area contributed by atoms with Gasteiger partial charge in [0.1, 0.15) is 0 Å². The second-order valence-electron chi connectivity index (χ2n) is 4.72. The van der Waals surface area contributed by atoms with E-state index < -0.39 is 0 Å². The van der Waals surface area contributed by atoms with E-state index in [1.165, 1.54) is 50.5 Å². The summed E-state index contributed by atoms with van der Waals surface area (Å²) in [5.41, 5.74) is 3.00. The Kier molecular flexibility index (Phi) is 9.67. The fourth-order valence-corrected chi connectivity index (χ4v) is 1.61. The Hall–Kier alpha value is -0.520. The molecule has 0 nitrogen and oxygen atoms in total. The molecule has 0 heteroatoms. The van der Waals surface area contributed by atoms with Crippen LogP contribution in [0, 0.1) is 0 Å². The van der Waals surface area contributed by atoms with Crippen molar-refractivity contribution in [1.82, 2.24) is 0 Å². The first-order valence-corrected chi connectivity index (χ1v) is 6.45. The summed E-state index contributed by atoms with van der Waals surface area (Å²) in [6, 6.07) is 0. The summed E-state index contributed by atoms with van der Waals surface area (Å²) >= 11 is 0. The van der Waals surface area contributed by atoms with Gasteiger partial charge in [0.2, 0.25) is 0 Å². The van der Waals surface area contributed by atoms with Crippen LogP contribution in [0.5, 0.6) is 0 Å². The first-order valence-electron chi connectivity index (χ1n) is 6.45. The third kappa shape index (κ3) is 11.4. The van der Waals surface area contributed by atoms with Gasteiger partial charge in [0, 0.05) is 0 Å². The van der Waals surface area contributed by atoms with Gasteiger partial charge >= 0.3 is 0 Å². The lowest BCUT2D eigenvalue weighted by molar-refractivity contribution is 0.672. The van der Waals surface area contributed by atoms with E-state index in [2.05, 4.69) is 39.8 Å². The highest BCUT2D eigenvalue weighted by molar-refractivity contribution is 5.01. The van der Waals surface area contributed by atoms with Crippen LogP contribution in [0.3, 0.4) is 0 Å². The first-order chi connectivity index (χ1) is 7.16. The summed E-state index contributed by atoms with van der Waals surface area (Å²) in [5, 5.41) is 0. The van der Waals surface area contributed by atoms with Gasteiger partial charge < -0.3 is 0 Å². The fraction of sp³-hybridized carbons (Fsp3) is 0.733. The third-order valence-electron chi connectivity index (χ3n) is 2.64. The Morgan fingerprint density at radius 2 is 1.60 bits per heavy atom. The van der Waals surface area contributed by atoms with Crippen molar-refractivity contribution in [2.45, 2.75) is 72.6 Å². The van der Waals surface area contributed by atoms with Crippen molar-refractivity contribution in [2.24, 2.45) is 0 Å². The van der Waals surface area contributed by atoms with Crippen LogP contribution in [0.25, 0.3) is 0 Å². The van der Waals surface area contributed by atoms with Gasteiger partial charge in [-0.3, -0.25) is 0 Å². The molecular formula is C15H28. The molecule has 0 amide bonds. The number of allylic oxidation sites excluding steroid dienone is 4. The topological polar surface area (TPSA) is 0 Å². The van der Waals surface area contributed by atoms with Gasteiger partial charge in [-0.1, -0.05) is 49.5 Å². The maximum absolute atomic E-state index is 2.43. The maximum Gasteiger partial charge on any atom is -0.0288 e. The van der Waals surface area contributed by atoms with Crippen molar-refractivity contribution in [3.05, 3.63) is 23.3 Å². The number of hydrogen-bond donors (Lipinski definition) is 0. The summed E-state index contributed by atoms with van der Waals surface area (Å²) < 4.78 is 0. The molecule has 0 radical (unpaired) electrons. The molecule has 0 atom stereocenters. The van der Waals surface area contributed by atoms with Gasteiger partial charge in [0.25, 0.3) is 0 Å². The SMILES string of the molecule is CCCCCCC=C(C)CCC=C(C)C. The number of unbranched alkanes of at least 4 members (excludes halogenated alkanes) is 4. The highest BCUT2D eigenvalue weighted by Crippen LogP contribution is 2.10. The predicted molar refractivity (Wildman–Crippen MR) is 71.2 cm³/mol. The molecule has 0 N–H and O–H groups in total. The summed E-state index contributed by atoms with van der Waals surface area (Å²) in [6.45, 7) is 8.87. The van der Waals surface area contributed by atoms with Crippen LogP contribution in [-0.4, -0.2) is 0 Å². The molecule has 0 aliphatic rings. The molecule has 0 unspecified atom stereocenters. The zero-order valence-corrected chi connectivity index (χ0v) is 11.1. The van der Waals surface area contributed by atoms with Crippen molar-refractivity contribution in [3.8, 4) is 0 Å². The number of rotatable bonds is 8. The molecular weight excluding hydrogens is 180 g/mol. The summed E-state index contributed by atoms with van der Waals surface area (Å²) in [6.07, 6.45) is 14.0. The minimum absolute atomic E-state index is 1.21. The minimum atomic E-state index is 1.21. The zero-order valence-electron chi connectivity index (χ0n) is 11.1. The van der Waals surface area contributed by atoms with Crippen molar-refractivity contribution in [2.75, 3.05) is 0 Å². The molecule has 0 spiro atoms. The lowest BCUT2D eigenvalue weighted by atomic mass is 10.1. The Balaban J connectivity index is 3.48. The van der Waals surface area contributed by atoms with Crippen LogP contribution in [0.4, 0.5) is 0 Å². The monoisotopic (exact) mass is 208 g/mol. The highest BCUT2D eigenvalue weighted by Gasteiger charge is 1.90. The van der Waals surface area contributed by atoms with Gasteiger partial charge in [-0.15, -0.1) is 0 Å². The van der Waals surface area contributed by atoms with E-state index in [4.69, 9.17) is 0 Å². The molecule has 0 saturated heterocycles. The first kappa shape index (κ1) is 14.5. The van der Waals surface area contributed by atoms with Crippen molar-refractivity contribution < 1.29 is 0 Å². The summed E-state index contributed by atoms with van der Waals surface area (Å²) in [5.74, 6) is 0. The van der Waals surface area contributed by atoms with E-state index in [0.717, 1.165) is 0 Å². The molecule has 0 rings (SSSR count). The Bertz CT molecular complexity index is 192. The van der Waals surface area contributed by atoms with Gasteiger partial charge in [0.15, 0.2) is 0 Å². The Morgan fingerprint density at radius 3 is 2.20 bits per heavy atom. The maximum atomic E-state index is 2.43. The largest absolute Gasteiger partial charge is 0.0856 e. The Morgan fingerprint density at radius 1 is 0.867 bits per heavy atom. The summed E-state index contributed by atoms with van der Waals surface area (Å²) in [7, 11) is 0. The fourth-order valence-electron chi connectivity index (χ4n) is 1.61. The van der Waals surface area contributed by atoms with Crippen LogP contribution in [0.2, 0.25) is 0 Å². The van der Waals surface area contributed by atoms with Gasteiger partial charge in [-0.05, 0) is 46.5 Å². The van der Waals surface area contributed by atoms with Crippen molar-refractivity contribution in [3.63, 3.8) is 0 Å². The molecule has 0 aliphatic heterocycles. The molecule has 0 fully saturated rings. The van der Waals surface area contributed by atoms with Gasteiger partial charge in [-0.2, -0.15) is 0 Å². The molecule has 88 valence electrons. The lowest BCUT2D eigenvalue weighted by Gasteiger charge is -1.99. The smallest absolute Gasteiger partial charge is 0.0288 e. The molecule has 0 heterocycles. The molecule has 0 aliphatic carbocycles. The Labute approximate surface area is 96.5 Å². The van der Waals surface area contributed by atoms with Gasteiger partial charge in [0.05, 0.1) is 0 Å². The normalized spacial score (nSPS) is 11.6. The van der Waals surface area contributed by atoms with E-state index >= 15 is 0 Å². The van der Waals surface area contributed by atoms with E-state index in [-0.39, 0.29) is 0 Å². The molecule has 0 bridgehead atoms. The standard InChI is InChI=1S/C15H28/c1-5-6-7-8-9-12-15(4)13-10-11-14(2)3/h11-12H,5-10,13H2,1-4H3. The average molecular weight is 208 g/mol.